The van der Waals surface area contributed by atoms with Gasteiger partial charge in [0.1, 0.15) is 10.7 Å². The number of hydrogen-bond donors (Lipinski definition) is 0. The summed E-state index contributed by atoms with van der Waals surface area (Å²) in [4.78, 5) is 4.54. The smallest absolute Gasteiger partial charge is 0.246 e. The van der Waals surface area contributed by atoms with Crippen LogP contribution in [-0.4, -0.2) is 38.0 Å². The first-order valence-corrected chi connectivity index (χ1v) is 9.34. The van der Waals surface area contributed by atoms with Crippen LogP contribution in [0.4, 0.5) is 0 Å². The summed E-state index contributed by atoms with van der Waals surface area (Å²) in [6, 6.07) is 10.8. The van der Waals surface area contributed by atoms with Gasteiger partial charge in [0.25, 0.3) is 0 Å². The van der Waals surface area contributed by atoms with Gasteiger partial charge in [0, 0.05) is 25.2 Å². The van der Waals surface area contributed by atoms with Crippen molar-refractivity contribution in [3.63, 3.8) is 0 Å². The number of pyridine rings is 1. The molecule has 0 unspecified atom stereocenters. The van der Waals surface area contributed by atoms with Crippen molar-refractivity contribution >= 4 is 20.9 Å². The molecule has 0 radical (unpaired) electrons. The normalized spacial score (nSPS) is 12.1. The van der Waals surface area contributed by atoms with Crippen LogP contribution in [0.1, 0.15) is 11.3 Å². The number of sulfonamides is 1. The number of aryl methyl sites for hydroxylation is 1. The van der Waals surface area contributed by atoms with E-state index in [1.807, 2.05) is 12.1 Å². The van der Waals surface area contributed by atoms with E-state index in [-0.39, 0.29) is 24.6 Å². The van der Waals surface area contributed by atoms with Gasteiger partial charge < -0.3 is 9.15 Å². The van der Waals surface area contributed by atoms with Crippen molar-refractivity contribution in [1.29, 1.82) is 0 Å². The van der Waals surface area contributed by atoms with Gasteiger partial charge in [-0.25, -0.2) is 8.42 Å². The van der Waals surface area contributed by atoms with E-state index in [0.29, 0.717) is 16.8 Å². The van der Waals surface area contributed by atoms with Crippen LogP contribution in [-0.2, 0) is 21.3 Å². The molecule has 3 rings (SSSR count). The zero-order valence-corrected chi connectivity index (χ0v) is 15.0. The minimum atomic E-state index is -3.78. The molecule has 6 nitrogen and oxygen atoms in total. The van der Waals surface area contributed by atoms with Gasteiger partial charge in [-0.05, 0) is 30.7 Å². The summed E-state index contributed by atoms with van der Waals surface area (Å²) in [7, 11) is -2.23. The third kappa shape index (κ3) is 3.58. The second kappa shape index (κ2) is 7.35. The predicted molar refractivity (Wildman–Crippen MR) is 94.7 cm³/mol. The Labute approximate surface area is 147 Å². The minimum absolute atomic E-state index is 0.140. The van der Waals surface area contributed by atoms with Crippen molar-refractivity contribution in [2.45, 2.75) is 18.4 Å². The van der Waals surface area contributed by atoms with E-state index in [0.717, 1.165) is 5.39 Å². The number of aromatic nitrogens is 1. The van der Waals surface area contributed by atoms with E-state index < -0.39 is 10.0 Å². The van der Waals surface area contributed by atoms with Gasteiger partial charge >= 0.3 is 0 Å². The summed E-state index contributed by atoms with van der Waals surface area (Å²) < 4.78 is 38.6. The molecule has 0 aliphatic carbocycles. The first-order valence-electron chi connectivity index (χ1n) is 7.90. The molecule has 0 aliphatic heterocycles. The summed E-state index contributed by atoms with van der Waals surface area (Å²) in [6.07, 6.45) is 3.13. The molecule has 0 saturated carbocycles. The molecule has 25 heavy (non-hydrogen) atoms. The van der Waals surface area contributed by atoms with Crippen LogP contribution < -0.4 is 0 Å². The fourth-order valence-electron chi connectivity index (χ4n) is 2.73. The molecule has 2 heterocycles. The lowest BCUT2D eigenvalue weighted by atomic mass is 10.1. The molecule has 132 valence electrons. The number of fused-ring (bicyclic) bond motifs is 1. The Morgan fingerprint density at radius 1 is 1.20 bits per heavy atom. The highest BCUT2D eigenvalue weighted by atomic mass is 32.2. The van der Waals surface area contributed by atoms with Crippen molar-refractivity contribution in [3.8, 4) is 0 Å². The van der Waals surface area contributed by atoms with Crippen molar-refractivity contribution in [2.75, 3.05) is 20.3 Å². The fraction of sp³-hybridized carbons (Fsp3) is 0.278. The third-order valence-corrected chi connectivity index (χ3v) is 6.00. The molecule has 3 aromatic rings. The Balaban J connectivity index is 2.10. The van der Waals surface area contributed by atoms with Crippen molar-refractivity contribution in [2.24, 2.45) is 0 Å². The monoisotopic (exact) mass is 360 g/mol. The van der Waals surface area contributed by atoms with Crippen molar-refractivity contribution in [1.82, 2.24) is 9.29 Å². The first-order chi connectivity index (χ1) is 12.0. The van der Waals surface area contributed by atoms with Gasteiger partial charge in [0.05, 0.1) is 24.9 Å². The Bertz CT molecular complexity index is 952. The highest BCUT2D eigenvalue weighted by molar-refractivity contribution is 7.89. The molecular weight excluding hydrogens is 340 g/mol. The van der Waals surface area contributed by atoms with Crippen LogP contribution >= 0.6 is 0 Å². The second-order valence-electron chi connectivity index (χ2n) is 5.70. The number of nitrogens with zero attached hydrogens (tertiary/aromatic N) is 2. The Morgan fingerprint density at radius 3 is 2.76 bits per heavy atom. The van der Waals surface area contributed by atoms with Gasteiger partial charge in [0.2, 0.25) is 10.0 Å². The predicted octanol–water partition coefficient (Wildman–Crippen LogP) is 2.97. The molecule has 0 fully saturated rings. The van der Waals surface area contributed by atoms with E-state index in [4.69, 9.17) is 9.15 Å². The van der Waals surface area contributed by atoms with E-state index in [1.54, 1.807) is 44.5 Å². The molecule has 0 N–H and O–H groups in total. The first kappa shape index (κ1) is 17.6. The highest BCUT2D eigenvalue weighted by Crippen LogP contribution is 2.28. The molecule has 0 aliphatic rings. The van der Waals surface area contributed by atoms with Crippen LogP contribution in [0.15, 0.2) is 58.2 Å². The summed E-state index contributed by atoms with van der Waals surface area (Å²) in [5.74, 6) is 0.575. The van der Waals surface area contributed by atoms with E-state index in [1.165, 1.54) is 10.6 Å². The molecule has 2 aromatic heterocycles. The van der Waals surface area contributed by atoms with Gasteiger partial charge in [0.15, 0.2) is 0 Å². The van der Waals surface area contributed by atoms with Crippen LogP contribution in [0.2, 0.25) is 0 Å². The number of benzene rings is 1. The standard InChI is InChI=1S/C18H20N2O4S/c1-14-7-8-15-5-3-9-19-17(15)18(14)25(21,22)20(10-12-23-2)13-16-6-4-11-24-16/h3-9,11H,10,12-13H2,1-2H3. The van der Waals surface area contributed by atoms with Gasteiger partial charge in [-0.1, -0.05) is 18.2 Å². The number of methoxy groups -OCH3 is 1. The zero-order chi connectivity index (χ0) is 17.9. The Hall–Kier alpha value is -2.22. The quantitative estimate of drug-likeness (QED) is 0.648. The molecular formula is C18H20N2O4S. The largest absolute Gasteiger partial charge is 0.468 e. The fourth-order valence-corrected chi connectivity index (χ4v) is 4.49. The van der Waals surface area contributed by atoms with Crippen molar-refractivity contribution < 1.29 is 17.6 Å². The molecule has 0 atom stereocenters. The minimum Gasteiger partial charge on any atom is -0.468 e. The maximum Gasteiger partial charge on any atom is 0.246 e. The van der Waals surface area contributed by atoms with Crippen LogP contribution in [0, 0.1) is 6.92 Å². The van der Waals surface area contributed by atoms with Gasteiger partial charge in [-0.15, -0.1) is 0 Å². The molecule has 0 bridgehead atoms. The summed E-state index contributed by atoms with van der Waals surface area (Å²) in [6.45, 7) is 2.43. The molecule has 0 saturated heterocycles. The SMILES string of the molecule is COCCN(Cc1ccco1)S(=O)(=O)c1c(C)ccc2cccnc12. The average molecular weight is 360 g/mol. The topological polar surface area (TPSA) is 72.6 Å². The van der Waals surface area contributed by atoms with Crippen LogP contribution in [0.3, 0.4) is 0 Å². The molecule has 0 amide bonds. The zero-order valence-electron chi connectivity index (χ0n) is 14.2. The maximum atomic E-state index is 13.4. The number of furan rings is 1. The van der Waals surface area contributed by atoms with E-state index in [2.05, 4.69) is 4.98 Å². The lowest BCUT2D eigenvalue weighted by Crippen LogP contribution is -2.34. The lowest BCUT2D eigenvalue weighted by Gasteiger charge is -2.22. The van der Waals surface area contributed by atoms with E-state index >= 15 is 0 Å². The Morgan fingerprint density at radius 2 is 2.04 bits per heavy atom. The second-order valence-corrected chi connectivity index (χ2v) is 7.57. The summed E-state index contributed by atoms with van der Waals surface area (Å²) in [5.41, 5.74) is 1.14. The summed E-state index contributed by atoms with van der Waals surface area (Å²) >= 11 is 0. The molecule has 0 spiro atoms. The lowest BCUT2D eigenvalue weighted by molar-refractivity contribution is 0.175. The molecule has 7 heteroatoms. The Kier molecular flexibility index (Phi) is 5.17. The summed E-state index contributed by atoms with van der Waals surface area (Å²) in [5, 5.41) is 0.788. The number of rotatable bonds is 7. The van der Waals surface area contributed by atoms with Gasteiger partial charge in [-0.2, -0.15) is 4.31 Å². The van der Waals surface area contributed by atoms with Crippen LogP contribution in [0.25, 0.3) is 10.9 Å². The average Bonchev–Trinajstić information content (AvgIpc) is 3.11. The highest BCUT2D eigenvalue weighted by Gasteiger charge is 2.29. The number of hydrogen-bond acceptors (Lipinski definition) is 5. The maximum absolute atomic E-state index is 13.4. The van der Waals surface area contributed by atoms with E-state index in [9.17, 15) is 8.42 Å². The third-order valence-electron chi connectivity index (χ3n) is 3.98. The molecule has 1 aromatic carbocycles. The van der Waals surface area contributed by atoms with Crippen LogP contribution in [0.5, 0.6) is 0 Å². The number of ether oxygens (including phenoxy) is 1. The van der Waals surface area contributed by atoms with Crippen molar-refractivity contribution in [3.05, 3.63) is 60.2 Å². The van der Waals surface area contributed by atoms with Gasteiger partial charge in [-0.3, -0.25) is 4.98 Å².